The van der Waals surface area contributed by atoms with Gasteiger partial charge in [-0.2, -0.15) is 0 Å². The zero-order chi connectivity index (χ0) is 16.8. The maximum atomic E-state index is 4.54. The molecule has 1 aromatic heterocycles. The molecule has 3 rings (SSSR count). The average molecular weight is 315 g/mol. The first-order valence-corrected chi connectivity index (χ1v) is 7.63. The van der Waals surface area contributed by atoms with E-state index in [9.17, 15) is 0 Å². The first-order chi connectivity index (χ1) is 11.7. The Kier molecular flexibility index (Phi) is 4.81. The molecule has 3 aromatic rings. The Morgan fingerprint density at radius 2 is 1.08 bits per heavy atom. The third-order valence-corrected chi connectivity index (χ3v) is 3.33. The van der Waals surface area contributed by atoms with Crippen LogP contribution >= 0.6 is 0 Å². The van der Waals surface area contributed by atoms with Gasteiger partial charge >= 0.3 is 0 Å². The number of aromatic nitrogens is 3. The van der Waals surface area contributed by atoms with Crippen molar-refractivity contribution in [1.29, 1.82) is 0 Å². The van der Waals surface area contributed by atoms with Crippen molar-refractivity contribution in [3.63, 3.8) is 0 Å². The molecule has 0 saturated carbocycles. The molecular weight excluding hydrogens is 298 g/mol. The van der Waals surface area contributed by atoms with Crippen molar-refractivity contribution in [2.45, 2.75) is 13.8 Å². The SMILES string of the molecule is CC(=Nc1ccccc1)c1ncnc(C(C)=Nc2ccccc2)n1. The van der Waals surface area contributed by atoms with Gasteiger partial charge in [-0.15, -0.1) is 0 Å². The van der Waals surface area contributed by atoms with Gasteiger partial charge in [-0.3, -0.25) is 0 Å². The van der Waals surface area contributed by atoms with Crippen LogP contribution in [-0.2, 0) is 0 Å². The van der Waals surface area contributed by atoms with E-state index >= 15 is 0 Å². The Morgan fingerprint density at radius 1 is 0.667 bits per heavy atom. The highest BCUT2D eigenvalue weighted by Crippen LogP contribution is 2.13. The highest BCUT2D eigenvalue weighted by atomic mass is 15.0. The maximum absolute atomic E-state index is 4.54. The van der Waals surface area contributed by atoms with Crippen LogP contribution in [0.1, 0.15) is 25.5 Å². The predicted octanol–water partition coefficient (Wildman–Crippen LogP) is 4.15. The number of aliphatic imine (C=N–C) groups is 2. The fraction of sp³-hybridized carbons (Fsp3) is 0.105. The van der Waals surface area contributed by atoms with Crippen molar-refractivity contribution in [3.8, 4) is 0 Å². The Hall–Kier alpha value is -3.21. The summed E-state index contributed by atoms with van der Waals surface area (Å²) in [6.45, 7) is 3.77. The van der Waals surface area contributed by atoms with E-state index in [0.29, 0.717) is 11.6 Å². The molecule has 24 heavy (non-hydrogen) atoms. The van der Waals surface area contributed by atoms with Crippen LogP contribution in [0.2, 0.25) is 0 Å². The van der Waals surface area contributed by atoms with Crippen LogP contribution in [0.25, 0.3) is 0 Å². The second-order valence-electron chi connectivity index (χ2n) is 5.20. The first-order valence-electron chi connectivity index (χ1n) is 7.63. The van der Waals surface area contributed by atoms with Crippen LogP contribution in [0.5, 0.6) is 0 Å². The van der Waals surface area contributed by atoms with E-state index < -0.39 is 0 Å². The number of nitrogens with zero attached hydrogens (tertiary/aromatic N) is 5. The summed E-state index contributed by atoms with van der Waals surface area (Å²) < 4.78 is 0. The zero-order valence-electron chi connectivity index (χ0n) is 13.6. The molecule has 0 bridgehead atoms. The second kappa shape index (κ2) is 7.37. The van der Waals surface area contributed by atoms with Crippen LogP contribution < -0.4 is 0 Å². The van der Waals surface area contributed by atoms with E-state index in [1.165, 1.54) is 6.33 Å². The predicted molar refractivity (Wildman–Crippen MR) is 96.5 cm³/mol. The Balaban J connectivity index is 1.89. The Morgan fingerprint density at radius 3 is 1.50 bits per heavy atom. The highest BCUT2D eigenvalue weighted by Gasteiger charge is 2.07. The van der Waals surface area contributed by atoms with Gasteiger partial charge in [0, 0.05) is 0 Å². The molecule has 5 nitrogen and oxygen atoms in total. The first kappa shape index (κ1) is 15.7. The van der Waals surface area contributed by atoms with Gasteiger partial charge in [0.1, 0.15) is 6.33 Å². The minimum Gasteiger partial charge on any atom is -0.250 e. The largest absolute Gasteiger partial charge is 0.250 e. The fourth-order valence-electron chi connectivity index (χ4n) is 2.14. The van der Waals surface area contributed by atoms with Gasteiger partial charge in [0.2, 0.25) is 0 Å². The number of hydrogen-bond donors (Lipinski definition) is 0. The van der Waals surface area contributed by atoms with Crippen molar-refractivity contribution in [2.75, 3.05) is 0 Å². The minimum absolute atomic E-state index is 0.548. The second-order valence-corrected chi connectivity index (χ2v) is 5.20. The van der Waals surface area contributed by atoms with Gasteiger partial charge < -0.3 is 0 Å². The van der Waals surface area contributed by atoms with Crippen LogP contribution in [0.4, 0.5) is 11.4 Å². The molecule has 0 fully saturated rings. The van der Waals surface area contributed by atoms with E-state index in [1.54, 1.807) is 0 Å². The van der Waals surface area contributed by atoms with Crippen molar-refractivity contribution in [1.82, 2.24) is 15.0 Å². The van der Waals surface area contributed by atoms with Gasteiger partial charge in [0.25, 0.3) is 0 Å². The fourth-order valence-corrected chi connectivity index (χ4v) is 2.14. The van der Waals surface area contributed by atoms with Crippen molar-refractivity contribution < 1.29 is 0 Å². The van der Waals surface area contributed by atoms with Crippen LogP contribution in [0.15, 0.2) is 77.0 Å². The lowest BCUT2D eigenvalue weighted by Crippen LogP contribution is -2.10. The number of hydrogen-bond acceptors (Lipinski definition) is 5. The summed E-state index contributed by atoms with van der Waals surface area (Å²) in [5.74, 6) is 1.10. The van der Waals surface area contributed by atoms with Crippen molar-refractivity contribution in [2.24, 2.45) is 9.98 Å². The standard InChI is InChI=1S/C19H17N5/c1-14(22-16-9-5-3-6-10-16)18-20-13-21-19(24-18)15(2)23-17-11-7-4-8-12-17/h3-13H,1-2H3. The van der Waals surface area contributed by atoms with E-state index in [4.69, 9.17) is 0 Å². The van der Waals surface area contributed by atoms with Gasteiger partial charge in [0.05, 0.1) is 22.8 Å². The van der Waals surface area contributed by atoms with Gasteiger partial charge in [-0.05, 0) is 38.1 Å². The lowest BCUT2D eigenvalue weighted by molar-refractivity contribution is 1.00. The normalized spacial score (nSPS) is 12.2. The van der Waals surface area contributed by atoms with Crippen molar-refractivity contribution in [3.05, 3.63) is 78.6 Å². The molecule has 0 radical (unpaired) electrons. The molecule has 0 spiro atoms. The monoisotopic (exact) mass is 315 g/mol. The smallest absolute Gasteiger partial charge is 0.177 e. The molecule has 0 aliphatic rings. The Labute approximate surface area is 140 Å². The topological polar surface area (TPSA) is 63.4 Å². The average Bonchev–Trinajstić information content (AvgIpc) is 2.63. The summed E-state index contributed by atoms with van der Waals surface area (Å²) in [7, 11) is 0. The number of benzene rings is 2. The summed E-state index contributed by atoms with van der Waals surface area (Å²) in [5.41, 5.74) is 3.20. The molecule has 0 atom stereocenters. The van der Waals surface area contributed by atoms with E-state index in [2.05, 4.69) is 24.9 Å². The molecule has 118 valence electrons. The van der Waals surface area contributed by atoms with E-state index in [-0.39, 0.29) is 0 Å². The lowest BCUT2D eigenvalue weighted by Gasteiger charge is -2.03. The third kappa shape index (κ3) is 3.95. The minimum atomic E-state index is 0.548. The lowest BCUT2D eigenvalue weighted by atomic mass is 10.3. The molecule has 0 aliphatic carbocycles. The maximum Gasteiger partial charge on any atom is 0.177 e. The third-order valence-electron chi connectivity index (χ3n) is 3.33. The molecule has 0 N–H and O–H groups in total. The molecule has 1 heterocycles. The summed E-state index contributed by atoms with van der Waals surface area (Å²) in [4.78, 5) is 22.0. The van der Waals surface area contributed by atoms with Gasteiger partial charge in [-0.25, -0.2) is 24.9 Å². The summed E-state index contributed by atoms with van der Waals surface area (Å²) in [5, 5.41) is 0. The summed E-state index contributed by atoms with van der Waals surface area (Å²) >= 11 is 0. The van der Waals surface area contributed by atoms with Gasteiger partial charge in [-0.1, -0.05) is 36.4 Å². The van der Waals surface area contributed by atoms with Crippen LogP contribution in [-0.4, -0.2) is 26.4 Å². The molecule has 0 aliphatic heterocycles. The Bertz CT molecular complexity index is 800. The highest BCUT2D eigenvalue weighted by molar-refractivity contribution is 6.00. The zero-order valence-corrected chi connectivity index (χ0v) is 13.6. The quantitative estimate of drug-likeness (QED) is 0.679. The van der Waals surface area contributed by atoms with Crippen LogP contribution in [0.3, 0.4) is 0 Å². The molecule has 0 saturated heterocycles. The van der Waals surface area contributed by atoms with Gasteiger partial charge in [0.15, 0.2) is 11.6 Å². The summed E-state index contributed by atoms with van der Waals surface area (Å²) in [6.07, 6.45) is 1.49. The number of rotatable bonds is 4. The molecule has 0 amide bonds. The molecule has 5 heteroatoms. The molecule has 0 unspecified atom stereocenters. The van der Waals surface area contributed by atoms with Crippen LogP contribution in [0, 0.1) is 0 Å². The summed E-state index contributed by atoms with van der Waals surface area (Å²) in [6, 6.07) is 19.5. The number of para-hydroxylation sites is 2. The van der Waals surface area contributed by atoms with E-state index in [0.717, 1.165) is 22.8 Å². The van der Waals surface area contributed by atoms with E-state index in [1.807, 2.05) is 74.5 Å². The molecule has 2 aromatic carbocycles. The van der Waals surface area contributed by atoms with Crippen molar-refractivity contribution >= 4 is 22.8 Å². The molecular formula is C19H17N5.